The molecule has 1 aliphatic carbocycles. The van der Waals surface area contributed by atoms with Crippen LogP contribution in [0, 0.1) is 11.8 Å². The summed E-state index contributed by atoms with van der Waals surface area (Å²) in [5.41, 5.74) is 2.67. The minimum Gasteiger partial charge on any atom is -0.508 e. The van der Waals surface area contributed by atoms with Gasteiger partial charge in [-0.1, -0.05) is 12.8 Å². The molecule has 2 atom stereocenters. The third-order valence-corrected chi connectivity index (χ3v) is 4.18. The summed E-state index contributed by atoms with van der Waals surface area (Å²) < 4.78 is 0. The molecular formula is C15H16N2O4. The SMILES string of the molecule is O=C(NN1C(=O)C2CCCCC2C1=O)c1ccc(O)cc1. The molecule has 3 amide bonds. The number of carbonyl (C=O) groups excluding carboxylic acids is 3. The summed E-state index contributed by atoms with van der Waals surface area (Å²) in [5.74, 6) is -1.67. The Balaban J connectivity index is 1.75. The Hall–Kier alpha value is -2.37. The lowest BCUT2D eigenvalue weighted by Gasteiger charge is -2.19. The first-order valence-electron chi connectivity index (χ1n) is 7.06. The Labute approximate surface area is 121 Å². The van der Waals surface area contributed by atoms with E-state index in [1.54, 1.807) is 0 Å². The topological polar surface area (TPSA) is 86.7 Å². The Morgan fingerprint density at radius 3 is 2.10 bits per heavy atom. The summed E-state index contributed by atoms with van der Waals surface area (Å²) in [7, 11) is 0. The van der Waals surface area contributed by atoms with Gasteiger partial charge in [0.15, 0.2) is 0 Å². The van der Waals surface area contributed by atoms with E-state index in [9.17, 15) is 19.5 Å². The van der Waals surface area contributed by atoms with Gasteiger partial charge in [-0.25, -0.2) is 0 Å². The molecule has 0 aromatic heterocycles. The van der Waals surface area contributed by atoms with E-state index in [0.29, 0.717) is 12.8 Å². The number of hydrogen-bond donors (Lipinski definition) is 2. The Morgan fingerprint density at radius 1 is 1.05 bits per heavy atom. The van der Waals surface area contributed by atoms with E-state index >= 15 is 0 Å². The first-order valence-corrected chi connectivity index (χ1v) is 7.06. The number of amides is 3. The maximum absolute atomic E-state index is 12.2. The number of rotatable bonds is 2. The maximum atomic E-state index is 12.2. The number of imide groups is 1. The lowest BCUT2D eigenvalue weighted by molar-refractivity contribution is -0.142. The van der Waals surface area contributed by atoms with Crippen molar-refractivity contribution in [2.45, 2.75) is 25.7 Å². The highest BCUT2D eigenvalue weighted by Crippen LogP contribution is 2.37. The van der Waals surface area contributed by atoms with Gasteiger partial charge in [-0.2, -0.15) is 5.01 Å². The van der Waals surface area contributed by atoms with Gasteiger partial charge in [0.25, 0.3) is 17.7 Å². The van der Waals surface area contributed by atoms with Crippen LogP contribution < -0.4 is 5.43 Å². The number of nitrogens with one attached hydrogen (secondary N) is 1. The second-order valence-electron chi connectivity index (χ2n) is 5.50. The van der Waals surface area contributed by atoms with Crippen LogP contribution in [-0.2, 0) is 9.59 Å². The number of aromatic hydroxyl groups is 1. The van der Waals surface area contributed by atoms with Crippen molar-refractivity contribution in [3.63, 3.8) is 0 Å². The van der Waals surface area contributed by atoms with E-state index in [2.05, 4.69) is 5.43 Å². The molecule has 1 aromatic carbocycles. The highest BCUT2D eigenvalue weighted by molar-refractivity contribution is 6.07. The molecule has 1 saturated carbocycles. The summed E-state index contributed by atoms with van der Waals surface area (Å²) in [5, 5.41) is 10.1. The van der Waals surface area contributed by atoms with Gasteiger partial charge in [-0.05, 0) is 37.1 Å². The Morgan fingerprint density at radius 2 is 1.57 bits per heavy atom. The summed E-state index contributed by atoms with van der Waals surface area (Å²) in [4.78, 5) is 36.5. The van der Waals surface area contributed by atoms with Crippen molar-refractivity contribution in [3.8, 4) is 5.75 Å². The Kier molecular flexibility index (Phi) is 3.37. The van der Waals surface area contributed by atoms with Gasteiger partial charge in [0.05, 0.1) is 11.8 Å². The van der Waals surface area contributed by atoms with Gasteiger partial charge in [0.2, 0.25) is 0 Å². The zero-order valence-electron chi connectivity index (χ0n) is 11.4. The lowest BCUT2D eigenvalue weighted by Crippen LogP contribution is -2.46. The van der Waals surface area contributed by atoms with E-state index in [0.717, 1.165) is 17.9 Å². The summed E-state index contributed by atoms with van der Waals surface area (Å²) in [6.45, 7) is 0. The first-order chi connectivity index (χ1) is 10.1. The quantitative estimate of drug-likeness (QED) is 0.801. The summed E-state index contributed by atoms with van der Waals surface area (Å²) >= 11 is 0. The van der Waals surface area contributed by atoms with Gasteiger partial charge in [0.1, 0.15) is 5.75 Å². The van der Waals surface area contributed by atoms with Crippen LogP contribution >= 0.6 is 0 Å². The number of benzene rings is 1. The predicted octanol–water partition coefficient (Wildman–Crippen LogP) is 1.21. The largest absolute Gasteiger partial charge is 0.508 e. The average Bonchev–Trinajstić information content (AvgIpc) is 2.73. The monoisotopic (exact) mass is 288 g/mol. The van der Waals surface area contributed by atoms with Gasteiger partial charge < -0.3 is 5.11 Å². The summed E-state index contributed by atoms with van der Waals surface area (Å²) in [6, 6.07) is 5.62. The van der Waals surface area contributed by atoms with Gasteiger partial charge in [-0.3, -0.25) is 19.8 Å². The number of hydrazine groups is 1. The minimum absolute atomic E-state index is 0.0471. The molecule has 1 aliphatic heterocycles. The fraction of sp³-hybridized carbons (Fsp3) is 0.400. The van der Waals surface area contributed by atoms with Crippen LogP contribution in [0.2, 0.25) is 0 Å². The zero-order chi connectivity index (χ0) is 15.0. The van der Waals surface area contributed by atoms with E-state index in [4.69, 9.17) is 0 Å². The lowest BCUT2D eigenvalue weighted by atomic mass is 9.81. The minimum atomic E-state index is -0.532. The molecule has 1 saturated heterocycles. The van der Waals surface area contributed by atoms with E-state index in [1.807, 2.05) is 0 Å². The second-order valence-corrected chi connectivity index (χ2v) is 5.50. The third-order valence-electron chi connectivity index (χ3n) is 4.18. The number of phenolic OH excluding ortho intramolecular Hbond substituents is 1. The second kappa shape index (κ2) is 5.20. The van der Waals surface area contributed by atoms with Crippen molar-refractivity contribution in [3.05, 3.63) is 29.8 Å². The van der Waals surface area contributed by atoms with Crippen molar-refractivity contribution >= 4 is 17.7 Å². The molecule has 21 heavy (non-hydrogen) atoms. The van der Waals surface area contributed by atoms with Gasteiger partial charge in [0, 0.05) is 5.56 Å². The molecule has 2 N–H and O–H groups in total. The van der Waals surface area contributed by atoms with Crippen molar-refractivity contribution in [2.24, 2.45) is 11.8 Å². The fourth-order valence-corrected chi connectivity index (χ4v) is 3.05. The average molecular weight is 288 g/mol. The molecule has 0 radical (unpaired) electrons. The highest BCUT2D eigenvalue weighted by atomic mass is 16.3. The molecule has 1 heterocycles. The van der Waals surface area contributed by atoms with E-state index in [-0.39, 0.29) is 35.0 Å². The first kappa shape index (κ1) is 13.6. The van der Waals surface area contributed by atoms with Crippen LogP contribution in [0.5, 0.6) is 5.75 Å². The molecule has 2 fully saturated rings. The van der Waals surface area contributed by atoms with E-state index < -0.39 is 5.91 Å². The predicted molar refractivity (Wildman–Crippen MR) is 72.9 cm³/mol. The number of hydrogen-bond acceptors (Lipinski definition) is 4. The molecule has 6 nitrogen and oxygen atoms in total. The van der Waals surface area contributed by atoms with Gasteiger partial charge in [-0.15, -0.1) is 0 Å². The van der Waals surface area contributed by atoms with Crippen LogP contribution in [0.15, 0.2) is 24.3 Å². The normalized spacial score (nSPS) is 24.9. The molecule has 110 valence electrons. The summed E-state index contributed by atoms with van der Waals surface area (Å²) in [6.07, 6.45) is 3.31. The van der Waals surface area contributed by atoms with Crippen LogP contribution in [0.1, 0.15) is 36.0 Å². The molecule has 6 heteroatoms. The smallest absolute Gasteiger partial charge is 0.270 e. The third kappa shape index (κ3) is 2.37. The molecule has 3 rings (SSSR count). The van der Waals surface area contributed by atoms with Crippen molar-refractivity contribution < 1.29 is 19.5 Å². The van der Waals surface area contributed by atoms with Gasteiger partial charge >= 0.3 is 0 Å². The van der Waals surface area contributed by atoms with Crippen LogP contribution in [-0.4, -0.2) is 27.8 Å². The van der Waals surface area contributed by atoms with Crippen LogP contribution in [0.4, 0.5) is 0 Å². The Bertz CT molecular complexity index is 572. The van der Waals surface area contributed by atoms with Crippen molar-refractivity contribution in [1.82, 2.24) is 10.4 Å². The van der Waals surface area contributed by atoms with Crippen LogP contribution in [0.3, 0.4) is 0 Å². The zero-order valence-corrected chi connectivity index (χ0v) is 11.4. The molecule has 2 aliphatic rings. The standard InChI is InChI=1S/C15H16N2O4/c18-10-7-5-9(6-8-10)13(19)16-17-14(20)11-3-1-2-4-12(11)15(17)21/h5-8,11-12,18H,1-4H2,(H,16,19). The maximum Gasteiger partial charge on any atom is 0.270 e. The molecular weight excluding hydrogens is 272 g/mol. The number of carbonyl (C=O) groups is 3. The number of phenols is 1. The van der Waals surface area contributed by atoms with Crippen LogP contribution in [0.25, 0.3) is 0 Å². The number of fused-ring (bicyclic) bond motifs is 1. The molecule has 1 aromatic rings. The number of nitrogens with zero attached hydrogens (tertiary/aromatic N) is 1. The van der Waals surface area contributed by atoms with Crippen molar-refractivity contribution in [2.75, 3.05) is 0 Å². The molecule has 0 spiro atoms. The van der Waals surface area contributed by atoms with Crippen molar-refractivity contribution in [1.29, 1.82) is 0 Å². The molecule has 0 bridgehead atoms. The fourth-order valence-electron chi connectivity index (χ4n) is 3.05. The van der Waals surface area contributed by atoms with E-state index in [1.165, 1.54) is 24.3 Å². The molecule has 2 unspecified atom stereocenters. The highest BCUT2D eigenvalue weighted by Gasteiger charge is 2.49.